The third-order valence-corrected chi connectivity index (χ3v) is 4.13. The van der Waals surface area contributed by atoms with E-state index in [-0.39, 0.29) is 24.0 Å². The van der Waals surface area contributed by atoms with Crippen molar-refractivity contribution in [2.45, 2.75) is 40.0 Å². The Kier molecular flexibility index (Phi) is 9.70. The molecule has 1 aliphatic heterocycles. The molecule has 1 aromatic rings. The molecular weight excluding hydrogens is 431 g/mol. The monoisotopic (exact) mass is 464 g/mol. The molecule has 0 unspecified atom stereocenters. The summed E-state index contributed by atoms with van der Waals surface area (Å²) in [6.07, 6.45) is 0.714. The first-order chi connectivity index (χ1) is 11.5. The summed E-state index contributed by atoms with van der Waals surface area (Å²) in [6.45, 7) is 14.8. The van der Waals surface area contributed by atoms with Crippen molar-refractivity contribution < 1.29 is 4.52 Å². The van der Waals surface area contributed by atoms with Crippen LogP contribution in [0.3, 0.4) is 0 Å². The van der Waals surface area contributed by atoms with Crippen LogP contribution in [0.25, 0.3) is 0 Å². The summed E-state index contributed by atoms with van der Waals surface area (Å²) in [5.74, 6) is 3.44. The van der Waals surface area contributed by atoms with Crippen LogP contribution in [0.4, 0.5) is 0 Å². The van der Waals surface area contributed by atoms with Crippen molar-refractivity contribution in [3.8, 4) is 0 Å². The standard InChI is InChI=1S/C17H32N6O.HI/c1-13(2)12-22-8-10-23(11-9-22)17(18-5)19-7-6-15-20-16(14(3)4)21-24-15;/h13-14H,6-12H2,1-5H3,(H,18,19);1H. The van der Waals surface area contributed by atoms with E-state index in [1.807, 2.05) is 7.05 Å². The van der Waals surface area contributed by atoms with Gasteiger partial charge in [0.25, 0.3) is 0 Å². The van der Waals surface area contributed by atoms with E-state index >= 15 is 0 Å². The Hall–Kier alpha value is -0.900. The van der Waals surface area contributed by atoms with E-state index < -0.39 is 0 Å². The van der Waals surface area contributed by atoms with Gasteiger partial charge in [-0.1, -0.05) is 32.9 Å². The molecule has 1 saturated heterocycles. The lowest BCUT2D eigenvalue weighted by atomic mass is 10.2. The highest BCUT2D eigenvalue weighted by atomic mass is 127. The van der Waals surface area contributed by atoms with Gasteiger partial charge in [-0.3, -0.25) is 9.89 Å². The second-order valence-corrected chi connectivity index (χ2v) is 7.11. The van der Waals surface area contributed by atoms with Gasteiger partial charge in [0, 0.05) is 58.7 Å². The molecule has 144 valence electrons. The largest absolute Gasteiger partial charge is 0.356 e. The minimum atomic E-state index is 0. The van der Waals surface area contributed by atoms with Crippen molar-refractivity contribution in [1.82, 2.24) is 25.3 Å². The number of guanidine groups is 1. The second-order valence-electron chi connectivity index (χ2n) is 7.11. The molecule has 1 fully saturated rings. The summed E-state index contributed by atoms with van der Waals surface area (Å²) in [5, 5.41) is 7.41. The van der Waals surface area contributed by atoms with Crippen molar-refractivity contribution in [2.24, 2.45) is 10.9 Å². The van der Waals surface area contributed by atoms with Gasteiger partial charge in [0.05, 0.1) is 0 Å². The average Bonchev–Trinajstić information content (AvgIpc) is 3.01. The highest BCUT2D eigenvalue weighted by Gasteiger charge is 2.20. The lowest BCUT2D eigenvalue weighted by Crippen LogP contribution is -2.53. The average molecular weight is 464 g/mol. The van der Waals surface area contributed by atoms with Gasteiger partial charge >= 0.3 is 0 Å². The van der Waals surface area contributed by atoms with Crippen LogP contribution in [0.5, 0.6) is 0 Å². The normalized spacial score (nSPS) is 16.4. The van der Waals surface area contributed by atoms with E-state index in [1.165, 1.54) is 6.54 Å². The van der Waals surface area contributed by atoms with Crippen LogP contribution in [-0.4, -0.2) is 72.2 Å². The van der Waals surface area contributed by atoms with E-state index in [0.29, 0.717) is 18.2 Å². The predicted molar refractivity (Wildman–Crippen MR) is 112 cm³/mol. The molecule has 0 aliphatic carbocycles. The number of nitrogens with zero attached hydrogens (tertiary/aromatic N) is 5. The lowest BCUT2D eigenvalue weighted by molar-refractivity contribution is 0.164. The van der Waals surface area contributed by atoms with Crippen LogP contribution in [0.2, 0.25) is 0 Å². The molecule has 0 bridgehead atoms. The minimum absolute atomic E-state index is 0. The molecule has 0 spiro atoms. The first-order valence-electron chi connectivity index (χ1n) is 9.00. The number of hydrogen-bond acceptors (Lipinski definition) is 5. The number of aliphatic imine (C=N–C) groups is 1. The topological polar surface area (TPSA) is 69.8 Å². The fourth-order valence-corrected chi connectivity index (χ4v) is 2.88. The molecule has 2 rings (SSSR count). The first kappa shape index (κ1) is 22.1. The van der Waals surface area contributed by atoms with E-state index in [0.717, 1.165) is 50.4 Å². The molecular formula is C17H33IN6O. The van der Waals surface area contributed by atoms with Crippen molar-refractivity contribution in [3.63, 3.8) is 0 Å². The maximum absolute atomic E-state index is 5.28. The smallest absolute Gasteiger partial charge is 0.228 e. The zero-order valence-electron chi connectivity index (χ0n) is 16.2. The summed E-state index contributed by atoms with van der Waals surface area (Å²) in [7, 11) is 1.84. The van der Waals surface area contributed by atoms with Gasteiger partial charge in [-0.15, -0.1) is 24.0 Å². The zero-order chi connectivity index (χ0) is 17.5. The maximum Gasteiger partial charge on any atom is 0.228 e. The maximum atomic E-state index is 5.28. The molecule has 7 nitrogen and oxygen atoms in total. The Labute approximate surface area is 168 Å². The Bertz CT molecular complexity index is 523. The molecule has 0 saturated carbocycles. The number of nitrogens with one attached hydrogen (secondary N) is 1. The third-order valence-electron chi connectivity index (χ3n) is 4.13. The molecule has 1 N–H and O–H groups in total. The van der Waals surface area contributed by atoms with Gasteiger partial charge in [-0.2, -0.15) is 4.98 Å². The van der Waals surface area contributed by atoms with Gasteiger partial charge in [-0.25, -0.2) is 0 Å². The summed E-state index contributed by atoms with van der Waals surface area (Å²) >= 11 is 0. The number of aromatic nitrogens is 2. The van der Waals surface area contributed by atoms with Crippen molar-refractivity contribution >= 4 is 29.9 Å². The van der Waals surface area contributed by atoms with Gasteiger partial charge in [0.15, 0.2) is 11.8 Å². The number of rotatable bonds is 6. The number of halogens is 1. The van der Waals surface area contributed by atoms with Gasteiger partial charge in [0.1, 0.15) is 0 Å². The number of piperazine rings is 1. The van der Waals surface area contributed by atoms with Crippen LogP contribution in [0.15, 0.2) is 9.52 Å². The Morgan fingerprint density at radius 3 is 2.40 bits per heavy atom. The lowest BCUT2D eigenvalue weighted by Gasteiger charge is -2.37. The van der Waals surface area contributed by atoms with E-state index in [4.69, 9.17) is 4.52 Å². The van der Waals surface area contributed by atoms with Crippen LogP contribution in [-0.2, 0) is 6.42 Å². The SMILES string of the molecule is CN=C(NCCc1nc(C(C)C)no1)N1CCN(CC(C)C)CC1.I. The van der Waals surface area contributed by atoms with Crippen LogP contribution in [0, 0.1) is 5.92 Å². The van der Waals surface area contributed by atoms with Crippen molar-refractivity contribution in [3.05, 3.63) is 11.7 Å². The fraction of sp³-hybridized carbons (Fsp3) is 0.824. The van der Waals surface area contributed by atoms with Crippen molar-refractivity contribution in [2.75, 3.05) is 46.3 Å². The van der Waals surface area contributed by atoms with Crippen LogP contribution < -0.4 is 5.32 Å². The highest BCUT2D eigenvalue weighted by molar-refractivity contribution is 14.0. The molecule has 0 amide bonds. The molecule has 1 aromatic heterocycles. The van der Waals surface area contributed by atoms with Gasteiger partial charge in [-0.05, 0) is 5.92 Å². The summed E-state index contributed by atoms with van der Waals surface area (Å²) in [4.78, 5) is 13.7. The van der Waals surface area contributed by atoms with Gasteiger partial charge < -0.3 is 14.7 Å². The molecule has 25 heavy (non-hydrogen) atoms. The van der Waals surface area contributed by atoms with Gasteiger partial charge in [0.2, 0.25) is 5.89 Å². The van der Waals surface area contributed by atoms with E-state index in [9.17, 15) is 0 Å². The quantitative estimate of drug-likeness (QED) is 0.396. The van der Waals surface area contributed by atoms with Crippen molar-refractivity contribution in [1.29, 1.82) is 0 Å². The summed E-state index contributed by atoms with van der Waals surface area (Å²) in [6, 6.07) is 0. The molecule has 8 heteroatoms. The molecule has 2 heterocycles. The van der Waals surface area contributed by atoms with E-state index in [1.54, 1.807) is 0 Å². The molecule has 1 aliphatic rings. The molecule has 0 aromatic carbocycles. The Balaban J connectivity index is 0.00000312. The first-order valence-corrected chi connectivity index (χ1v) is 9.00. The fourth-order valence-electron chi connectivity index (χ4n) is 2.88. The molecule has 0 radical (unpaired) electrons. The molecule has 0 atom stereocenters. The highest BCUT2D eigenvalue weighted by Crippen LogP contribution is 2.10. The summed E-state index contributed by atoms with van der Waals surface area (Å²) < 4.78 is 5.28. The second kappa shape index (κ2) is 10.9. The van der Waals surface area contributed by atoms with Crippen LogP contribution in [0.1, 0.15) is 45.3 Å². The van der Waals surface area contributed by atoms with Crippen LogP contribution >= 0.6 is 24.0 Å². The summed E-state index contributed by atoms with van der Waals surface area (Å²) in [5.41, 5.74) is 0. The number of hydrogen-bond donors (Lipinski definition) is 1. The Morgan fingerprint density at radius 2 is 1.88 bits per heavy atom. The minimum Gasteiger partial charge on any atom is -0.356 e. The Morgan fingerprint density at radius 1 is 1.20 bits per heavy atom. The van der Waals surface area contributed by atoms with E-state index in [2.05, 4.69) is 57.9 Å². The predicted octanol–water partition coefficient (Wildman–Crippen LogP) is 2.20. The zero-order valence-corrected chi connectivity index (χ0v) is 18.5. The third kappa shape index (κ3) is 7.08.